The van der Waals surface area contributed by atoms with Crippen molar-refractivity contribution in [3.63, 3.8) is 0 Å². The molecular weight excluding hydrogens is 238 g/mol. The lowest BCUT2D eigenvalue weighted by Gasteiger charge is -2.28. The van der Waals surface area contributed by atoms with Crippen LogP contribution in [0.2, 0.25) is 0 Å². The van der Waals surface area contributed by atoms with Gasteiger partial charge in [-0.05, 0) is 25.7 Å². The van der Waals surface area contributed by atoms with Gasteiger partial charge in [-0.2, -0.15) is 0 Å². The SMILES string of the molecule is C=CCCC(=O)N[C@@H]1CCC[C@H](S(C)(=O)=O)C1. The van der Waals surface area contributed by atoms with E-state index in [1.807, 2.05) is 0 Å². The first kappa shape index (κ1) is 14.2. The summed E-state index contributed by atoms with van der Waals surface area (Å²) in [7, 11) is -2.98. The van der Waals surface area contributed by atoms with Crippen LogP contribution in [0.5, 0.6) is 0 Å². The molecule has 0 aliphatic heterocycles. The van der Waals surface area contributed by atoms with Gasteiger partial charge >= 0.3 is 0 Å². The van der Waals surface area contributed by atoms with Crippen LogP contribution in [0.15, 0.2) is 12.7 Å². The van der Waals surface area contributed by atoms with Crippen molar-refractivity contribution >= 4 is 15.7 Å². The third-order valence-corrected chi connectivity index (χ3v) is 4.81. The maximum absolute atomic E-state index is 11.5. The van der Waals surface area contributed by atoms with Crippen molar-refractivity contribution in [2.75, 3.05) is 6.26 Å². The normalized spacial score (nSPS) is 25.2. The molecule has 98 valence electrons. The first-order chi connectivity index (χ1) is 7.93. The summed E-state index contributed by atoms with van der Waals surface area (Å²) in [6.45, 7) is 3.56. The summed E-state index contributed by atoms with van der Waals surface area (Å²) >= 11 is 0. The van der Waals surface area contributed by atoms with Gasteiger partial charge < -0.3 is 5.32 Å². The molecule has 5 heteroatoms. The van der Waals surface area contributed by atoms with Crippen molar-refractivity contribution in [1.29, 1.82) is 0 Å². The summed E-state index contributed by atoms with van der Waals surface area (Å²) in [6, 6.07) is 0.0146. The van der Waals surface area contributed by atoms with E-state index in [0.717, 1.165) is 19.3 Å². The Labute approximate surface area is 103 Å². The van der Waals surface area contributed by atoms with E-state index in [1.54, 1.807) is 6.08 Å². The van der Waals surface area contributed by atoms with Crippen molar-refractivity contribution in [3.05, 3.63) is 12.7 Å². The highest BCUT2D eigenvalue weighted by atomic mass is 32.2. The summed E-state index contributed by atoms with van der Waals surface area (Å²) < 4.78 is 22.9. The average Bonchev–Trinajstić information content (AvgIpc) is 2.25. The van der Waals surface area contributed by atoms with Crippen LogP contribution < -0.4 is 5.32 Å². The van der Waals surface area contributed by atoms with Gasteiger partial charge in [0.05, 0.1) is 5.25 Å². The lowest BCUT2D eigenvalue weighted by molar-refractivity contribution is -0.121. The molecule has 0 radical (unpaired) electrons. The van der Waals surface area contributed by atoms with E-state index in [9.17, 15) is 13.2 Å². The summed E-state index contributed by atoms with van der Waals surface area (Å²) in [5.41, 5.74) is 0. The molecule has 2 atom stereocenters. The second kappa shape index (κ2) is 6.19. The van der Waals surface area contributed by atoms with Gasteiger partial charge in [0.25, 0.3) is 0 Å². The highest BCUT2D eigenvalue weighted by Crippen LogP contribution is 2.23. The molecule has 0 saturated heterocycles. The molecule has 0 heterocycles. The predicted octanol–water partition coefficient (Wildman–Crippen LogP) is 1.42. The molecule has 1 rings (SSSR count). The predicted molar refractivity (Wildman–Crippen MR) is 68.5 cm³/mol. The summed E-state index contributed by atoms with van der Waals surface area (Å²) in [5, 5.41) is 2.61. The molecule has 0 bridgehead atoms. The third-order valence-electron chi connectivity index (χ3n) is 3.17. The zero-order chi connectivity index (χ0) is 12.9. The minimum atomic E-state index is -2.98. The molecule has 1 N–H and O–H groups in total. The number of amides is 1. The summed E-state index contributed by atoms with van der Waals surface area (Å²) in [6.07, 6.45) is 7.10. The fourth-order valence-electron chi connectivity index (χ4n) is 2.20. The number of sulfone groups is 1. The molecular formula is C12H21NO3S. The van der Waals surface area contributed by atoms with Crippen molar-refractivity contribution in [2.24, 2.45) is 0 Å². The lowest BCUT2D eigenvalue weighted by Crippen LogP contribution is -2.41. The van der Waals surface area contributed by atoms with Gasteiger partial charge in [0, 0.05) is 18.7 Å². The fourth-order valence-corrected chi connectivity index (χ4v) is 3.37. The van der Waals surface area contributed by atoms with Crippen LogP contribution in [0.3, 0.4) is 0 Å². The van der Waals surface area contributed by atoms with Gasteiger partial charge in [0.15, 0.2) is 0 Å². The van der Waals surface area contributed by atoms with Gasteiger partial charge in [-0.3, -0.25) is 4.79 Å². The van der Waals surface area contributed by atoms with Gasteiger partial charge in [-0.1, -0.05) is 12.5 Å². The maximum Gasteiger partial charge on any atom is 0.220 e. The molecule has 0 aromatic carbocycles. The highest BCUT2D eigenvalue weighted by Gasteiger charge is 2.29. The number of hydrogen-bond acceptors (Lipinski definition) is 3. The Morgan fingerprint density at radius 2 is 2.18 bits per heavy atom. The molecule has 4 nitrogen and oxygen atoms in total. The van der Waals surface area contributed by atoms with E-state index < -0.39 is 9.84 Å². The van der Waals surface area contributed by atoms with Crippen LogP contribution in [-0.4, -0.2) is 31.9 Å². The minimum absolute atomic E-state index is 0.0101. The Morgan fingerprint density at radius 3 is 2.76 bits per heavy atom. The Morgan fingerprint density at radius 1 is 1.47 bits per heavy atom. The molecule has 0 aromatic rings. The molecule has 17 heavy (non-hydrogen) atoms. The van der Waals surface area contributed by atoms with E-state index in [1.165, 1.54) is 6.26 Å². The molecule has 0 aromatic heterocycles. The van der Waals surface area contributed by atoms with E-state index in [2.05, 4.69) is 11.9 Å². The minimum Gasteiger partial charge on any atom is -0.353 e. The van der Waals surface area contributed by atoms with Gasteiger partial charge in [0.2, 0.25) is 5.91 Å². The van der Waals surface area contributed by atoms with Crippen LogP contribution in [0, 0.1) is 0 Å². The number of rotatable bonds is 5. The molecule has 1 aliphatic carbocycles. The van der Waals surface area contributed by atoms with E-state index in [4.69, 9.17) is 0 Å². The standard InChI is InChI=1S/C12H21NO3S/c1-3-4-8-12(14)13-10-6-5-7-11(9-10)17(2,15)16/h3,10-11H,1,4-9H2,2H3,(H,13,14)/t10-,11+/m1/s1. The number of allylic oxidation sites excluding steroid dienone is 1. The second-order valence-corrected chi connectivity index (χ2v) is 7.04. The van der Waals surface area contributed by atoms with Crippen molar-refractivity contribution in [2.45, 2.75) is 49.8 Å². The van der Waals surface area contributed by atoms with Crippen molar-refractivity contribution in [1.82, 2.24) is 5.32 Å². The van der Waals surface area contributed by atoms with Gasteiger partial charge in [0.1, 0.15) is 9.84 Å². The van der Waals surface area contributed by atoms with Crippen LogP contribution in [0.25, 0.3) is 0 Å². The number of hydrogen-bond donors (Lipinski definition) is 1. The fraction of sp³-hybridized carbons (Fsp3) is 0.750. The van der Waals surface area contributed by atoms with E-state index in [0.29, 0.717) is 19.3 Å². The number of nitrogens with one attached hydrogen (secondary N) is 1. The second-order valence-electron chi connectivity index (χ2n) is 4.71. The lowest BCUT2D eigenvalue weighted by atomic mass is 9.95. The van der Waals surface area contributed by atoms with E-state index >= 15 is 0 Å². The zero-order valence-corrected chi connectivity index (χ0v) is 11.1. The van der Waals surface area contributed by atoms with Crippen LogP contribution in [0.1, 0.15) is 38.5 Å². The number of carbonyl (C=O) groups is 1. The quantitative estimate of drug-likeness (QED) is 0.760. The smallest absolute Gasteiger partial charge is 0.220 e. The Hall–Kier alpha value is -0.840. The molecule has 1 fully saturated rings. The first-order valence-corrected chi connectivity index (χ1v) is 7.98. The summed E-state index contributed by atoms with van der Waals surface area (Å²) in [5.74, 6) is -0.0101. The highest BCUT2D eigenvalue weighted by molar-refractivity contribution is 7.91. The monoisotopic (exact) mass is 259 g/mol. The Balaban J connectivity index is 2.45. The Kier molecular flexibility index (Phi) is 5.18. The van der Waals surface area contributed by atoms with Crippen LogP contribution in [0.4, 0.5) is 0 Å². The molecule has 1 saturated carbocycles. The number of carbonyl (C=O) groups excluding carboxylic acids is 1. The van der Waals surface area contributed by atoms with E-state index in [-0.39, 0.29) is 17.2 Å². The van der Waals surface area contributed by atoms with Crippen LogP contribution in [-0.2, 0) is 14.6 Å². The average molecular weight is 259 g/mol. The maximum atomic E-state index is 11.5. The molecule has 1 aliphatic rings. The molecule has 0 unspecified atom stereocenters. The van der Waals surface area contributed by atoms with Crippen molar-refractivity contribution in [3.8, 4) is 0 Å². The molecule has 0 spiro atoms. The van der Waals surface area contributed by atoms with Crippen molar-refractivity contribution < 1.29 is 13.2 Å². The van der Waals surface area contributed by atoms with Gasteiger partial charge in [-0.25, -0.2) is 8.42 Å². The topological polar surface area (TPSA) is 63.2 Å². The largest absolute Gasteiger partial charge is 0.353 e. The van der Waals surface area contributed by atoms with Crippen LogP contribution >= 0.6 is 0 Å². The summed E-state index contributed by atoms with van der Waals surface area (Å²) in [4.78, 5) is 11.5. The third kappa shape index (κ3) is 4.89. The zero-order valence-electron chi connectivity index (χ0n) is 10.3. The van der Waals surface area contributed by atoms with Gasteiger partial charge in [-0.15, -0.1) is 6.58 Å². The Bertz CT molecular complexity index is 375. The molecule has 1 amide bonds. The first-order valence-electron chi connectivity index (χ1n) is 6.02.